The standard InChI is InChI=1S/C23H30N2O4S/c1-3-28-17-12-11-15(13-18(17)29-4-2)14-20(26)25-23-21(22(24)27)16-9-7-5-6-8-10-19(16)30-23/h11-13H,3-10,14H2,1-2H3,(H2,24,27)(H,25,26). The number of nitrogens with two attached hydrogens (primary N) is 1. The molecule has 0 bridgehead atoms. The van der Waals surface area contributed by atoms with Gasteiger partial charge in [0.25, 0.3) is 5.91 Å². The average Bonchev–Trinajstić information content (AvgIpc) is 3.00. The summed E-state index contributed by atoms with van der Waals surface area (Å²) in [5, 5.41) is 3.52. The molecule has 1 aromatic heterocycles. The number of amides is 2. The third-order valence-corrected chi connectivity index (χ3v) is 6.35. The number of thiophene rings is 1. The van der Waals surface area contributed by atoms with E-state index in [1.807, 2.05) is 32.0 Å². The summed E-state index contributed by atoms with van der Waals surface area (Å²) in [5.74, 6) is 0.639. The van der Waals surface area contributed by atoms with Crippen molar-refractivity contribution in [2.45, 2.75) is 58.8 Å². The van der Waals surface area contributed by atoms with Crippen molar-refractivity contribution in [2.75, 3.05) is 18.5 Å². The van der Waals surface area contributed by atoms with Crippen LogP contribution in [0.15, 0.2) is 18.2 Å². The molecule has 2 amide bonds. The van der Waals surface area contributed by atoms with Gasteiger partial charge in [0, 0.05) is 4.88 Å². The molecule has 1 aromatic carbocycles. The van der Waals surface area contributed by atoms with E-state index in [9.17, 15) is 9.59 Å². The topological polar surface area (TPSA) is 90.6 Å². The van der Waals surface area contributed by atoms with Crippen LogP contribution in [0.1, 0.15) is 65.9 Å². The second kappa shape index (κ2) is 10.5. The molecule has 3 rings (SSSR count). The maximum atomic E-state index is 12.8. The van der Waals surface area contributed by atoms with Gasteiger partial charge in [0.2, 0.25) is 5.91 Å². The van der Waals surface area contributed by atoms with Gasteiger partial charge in [-0.1, -0.05) is 18.9 Å². The Bertz CT molecular complexity index is 907. The average molecular weight is 431 g/mol. The Kier molecular flexibility index (Phi) is 7.74. The highest BCUT2D eigenvalue weighted by Crippen LogP contribution is 2.37. The summed E-state index contributed by atoms with van der Waals surface area (Å²) < 4.78 is 11.2. The molecule has 0 saturated carbocycles. The first-order chi connectivity index (χ1) is 14.5. The molecule has 0 spiro atoms. The van der Waals surface area contributed by atoms with Gasteiger partial charge in [-0.15, -0.1) is 11.3 Å². The van der Waals surface area contributed by atoms with Crippen LogP contribution < -0.4 is 20.5 Å². The molecule has 0 atom stereocenters. The SMILES string of the molecule is CCOc1ccc(CC(=O)Nc2sc3c(c2C(N)=O)CCCCCC3)cc1OCC. The highest BCUT2D eigenvalue weighted by Gasteiger charge is 2.24. The highest BCUT2D eigenvalue weighted by atomic mass is 32.1. The van der Waals surface area contributed by atoms with Crippen LogP contribution in [0.25, 0.3) is 0 Å². The number of aryl methyl sites for hydroxylation is 1. The van der Waals surface area contributed by atoms with Gasteiger partial charge in [-0.25, -0.2) is 0 Å². The van der Waals surface area contributed by atoms with Crippen LogP contribution in [0.2, 0.25) is 0 Å². The van der Waals surface area contributed by atoms with Gasteiger partial charge < -0.3 is 20.5 Å². The lowest BCUT2D eigenvalue weighted by atomic mass is 9.96. The Labute approximate surface area is 181 Å². The molecule has 1 heterocycles. The lowest BCUT2D eigenvalue weighted by Crippen LogP contribution is -2.19. The summed E-state index contributed by atoms with van der Waals surface area (Å²) in [6, 6.07) is 5.51. The van der Waals surface area contributed by atoms with Gasteiger partial charge in [0.15, 0.2) is 11.5 Å². The van der Waals surface area contributed by atoms with Crippen molar-refractivity contribution in [2.24, 2.45) is 5.73 Å². The Morgan fingerprint density at radius 3 is 2.43 bits per heavy atom. The molecule has 1 aliphatic carbocycles. The number of hydrogen-bond acceptors (Lipinski definition) is 5. The van der Waals surface area contributed by atoms with E-state index in [0.717, 1.165) is 43.2 Å². The molecule has 0 saturated heterocycles. The molecule has 0 radical (unpaired) electrons. The molecule has 0 fully saturated rings. The molecular formula is C23H30N2O4S. The van der Waals surface area contributed by atoms with Crippen LogP contribution in [-0.4, -0.2) is 25.0 Å². The fourth-order valence-corrected chi connectivity index (χ4v) is 5.14. The molecule has 1 aliphatic rings. The quantitative estimate of drug-likeness (QED) is 0.646. The second-order valence-corrected chi connectivity index (χ2v) is 8.46. The number of nitrogens with one attached hydrogen (secondary N) is 1. The van der Waals surface area contributed by atoms with E-state index >= 15 is 0 Å². The Morgan fingerprint density at radius 1 is 1.03 bits per heavy atom. The number of rotatable bonds is 8. The number of anilines is 1. The van der Waals surface area contributed by atoms with Crippen molar-refractivity contribution in [3.8, 4) is 11.5 Å². The van der Waals surface area contributed by atoms with E-state index in [0.29, 0.717) is 35.3 Å². The van der Waals surface area contributed by atoms with Crippen LogP contribution in [0, 0.1) is 0 Å². The van der Waals surface area contributed by atoms with Gasteiger partial charge in [-0.3, -0.25) is 9.59 Å². The number of benzene rings is 1. The van der Waals surface area contributed by atoms with Crippen molar-refractivity contribution < 1.29 is 19.1 Å². The normalized spacial score (nSPS) is 13.7. The van der Waals surface area contributed by atoms with Crippen molar-refractivity contribution in [3.63, 3.8) is 0 Å². The summed E-state index contributed by atoms with van der Waals surface area (Å²) in [7, 11) is 0. The predicted molar refractivity (Wildman–Crippen MR) is 120 cm³/mol. The van der Waals surface area contributed by atoms with Crippen LogP contribution >= 0.6 is 11.3 Å². The van der Waals surface area contributed by atoms with Crippen LogP contribution in [0.3, 0.4) is 0 Å². The van der Waals surface area contributed by atoms with Crippen LogP contribution in [0.4, 0.5) is 5.00 Å². The van der Waals surface area contributed by atoms with Crippen molar-refractivity contribution in [1.29, 1.82) is 0 Å². The minimum absolute atomic E-state index is 0.174. The van der Waals surface area contributed by atoms with Crippen molar-refractivity contribution >= 4 is 28.2 Å². The number of hydrogen-bond donors (Lipinski definition) is 2. The number of carbonyl (C=O) groups is 2. The fourth-order valence-electron chi connectivity index (χ4n) is 3.83. The van der Waals surface area contributed by atoms with E-state index in [1.165, 1.54) is 22.6 Å². The summed E-state index contributed by atoms with van der Waals surface area (Å²) in [4.78, 5) is 26.1. The van der Waals surface area contributed by atoms with E-state index in [-0.39, 0.29) is 12.3 Å². The predicted octanol–water partition coefficient (Wildman–Crippen LogP) is 4.48. The maximum Gasteiger partial charge on any atom is 0.251 e. The van der Waals surface area contributed by atoms with Crippen LogP contribution in [-0.2, 0) is 24.1 Å². The van der Waals surface area contributed by atoms with Gasteiger partial charge >= 0.3 is 0 Å². The van der Waals surface area contributed by atoms with E-state index < -0.39 is 5.91 Å². The van der Waals surface area contributed by atoms with Crippen molar-refractivity contribution in [1.82, 2.24) is 0 Å². The molecule has 0 aliphatic heterocycles. The lowest BCUT2D eigenvalue weighted by Gasteiger charge is -2.12. The minimum Gasteiger partial charge on any atom is -0.490 e. The third kappa shape index (κ3) is 5.33. The van der Waals surface area contributed by atoms with Gasteiger partial charge in [0.1, 0.15) is 5.00 Å². The Hall–Kier alpha value is -2.54. The number of ether oxygens (including phenoxy) is 2. The minimum atomic E-state index is -0.469. The molecule has 162 valence electrons. The summed E-state index contributed by atoms with van der Waals surface area (Å²) in [5.41, 5.74) is 8.02. The van der Waals surface area contributed by atoms with Gasteiger partial charge in [-0.05, 0) is 62.8 Å². The highest BCUT2D eigenvalue weighted by molar-refractivity contribution is 7.17. The Balaban J connectivity index is 1.78. The van der Waals surface area contributed by atoms with E-state index in [4.69, 9.17) is 15.2 Å². The van der Waals surface area contributed by atoms with E-state index in [1.54, 1.807) is 0 Å². The zero-order valence-electron chi connectivity index (χ0n) is 17.7. The molecular weight excluding hydrogens is 400 g/mol. The molecule has 3 N–H and O–H groups in total. The zero-order chi connectivity index (χ0) is 21.5. The fraction of sp³-hybridized carbons (Fsp3) is 0.478. The lowest BCUT2D eigenvalue weighted by molar-refractivity contribution is -0.115. The number of carbonyl (C=O) groups excluding carboxylic acids is 2. The molecule has 7 heteroatoms. The maximum absolute atomic E-state index is 12.8. The van der Waals surface area contributed by atoms with E-state index in [2.05, 4.69) is 5.32 Å². The van der Waals surface area contributed by atoms with Gasteiger partial charge in [-0.2, -0.15) is 0 Å². The van der Waals surface area contributed by atoms with Gasteiger partial charge in [0.05, 0.1) is 25.2 Å². The molecule has 30 heavy (non-hydrogen) atoms. The third-order valence-electron chi connectivity index (χ3n) is 5.14. The zero-order valence-corrected chi connectivity index (χ0v) is 18.5. The smallest absolute Gasteiger partial charge is 0.251 e. The molecule has 6 nitrogen and oxygen atoms in total. The summed E-state index contributed by atoms with van der Waals surface area (Å²) >= 11 is 1.49. The monoisotopic (exact) mass is 430 g/mol. The largest absolute Gasteiger partial charge is 0.490 e. The Morgan fingerprint density at radius 2 is 1.73 bits per heavy atom. The second-order valence-electron chi connectivity index (χ2n) is 7.36. The van der Waals surface area contributed by atoms with Crippen molar-refractivity contribution in [3.05, 3.63) is 39.8 Å². The first-order valence-corrected chi connectivity index (χ1v) is 11.5. The first-order valence-electron chi connectivity index (χ1n) is 10.7. The van der Waals surface area contributed by atoms with Crippen LogP contribution in [0.5, 0.6) is 11.5 Å². The number of primary amides is 1. The summed E-state index contributed by atoms with van der Waals surface area (Å²) in [6.45, 7) is 4.87. The first kappa shape index (κ1) is 22.2. The molecule has 2 aromatic rings. The number of fused-ring (bicyclic) bond motifs is 1. The molecule has 0 unspecified atom stereocenters. The summed E-state index contributed by atoms with van der Waals surface area (Å²) in [6.07, 6.45) is 6.46.